The van der Waals surface area contributed by atoms with Gasteiger partial charge in [-0.05, 0) is 5.56 Å². The van der Waals surface area contributed by atoms with E-state index in [0.717, 1.165) is 13.1 Å². The lowest BCUT2D eigenvalue weighted by Gasteiger charge is -2.02. The summed E-state index contributed by atoms with van der Waals surface area (Å²) in [5.41, 5.74) is 1.40. The lowest BCUT2D eigenvalue weighted by molar-refractivity contribution is -0.111. The zero-order valence-corrected chi connectivity index (χ0v) is 8.65. The minimum atomic E-state index is 0.153. The van der Waals surface area contributed by atoms with E-state index in [1.165, 1.54) is 5.56 Å². The van der Waals surface area contributed by atoms with E-state index in [-0.39, 0.29) is 5.52 Å². The van der Waals surface area contributed by atoms with E-state index in [4.69, 9.17) is 0 Å². The van der Waals surface area contributed by atoms with Crippen LogP contribution >= 0.6 is 9.24 Å². The molecular formula is C10H14NOP. The monoisotopic (exact) mass is 195 g/mol. The summed E-state index contributed by atoms with van der Waals surface area (Å²) in [6.07, 6.45) is 0.581. The molecule has 1 atom stereocenters. The SMILES string of the molecule is O=C(P)CCNCc1ccccc1. The Bertz CT molecular complexity index is 261. The van der Waals surface area contributed by atoms with Crippen LogP contribution in [0.1, 0.15) is 12.0 Å². The Morgan fingerprint density at radius 1 is 1.31 bits per heavy atom. The van der Waals surface area contributed by atoms with Crippen LogP contribution in [0.5, 0.6) is 0 Å². The van der Waals surface area contributed by atoms with Crippen LogP contribution in [-0.4, -0.2) is 12.1 Å². The van der Waals surface area contributed by atoms with Crippen molar-refractivity contribution in [2.45, 2.75) is 13.0 Å². The van der Waals surface area contributed by atoms with Gasteiger partial charge in [-0.25, -0.2) is 0 Å². The molecule has 70 valence electrons. The third-order valence-electron chi connectivity index (χ3n) is 1.72. The fraction of sp³-hybridized carbons (Fsp3) is 0.300. The van der Waals surface area contributed by atoms with E-state index in [2.05, 4.69) is 26.7 Å². The molecule has 0 aliphatic rings. The summed E-state index contributed by atoms with van der Waals surface area (Å²) in [5, 5.41) is 3.20. The second-order valence-electron chi connectivity index (χ2n) is 2.88. The Labute approximate surface area is 80.9 Å². The van der Waals surface area contributed by atoms with Gasteiger partial charge in [-0.2, -0.15) is 0 Å². The lowest BCUT2D eigenvalue weighted by Crippen LogP contribution is -2.15. The van der Waals surface area contributed by atoms with Gasteiger partial charge in [-0.3, -0.25) is 4.79 Å². The van der Waals surface area contributed by atoms with E-state index in [1.807, 2.05) is 18.2 Å². The van der Waals surface area contributed by atoms with Crippen LogP contribution in [0.2, 0.25) is 0 Å². The van der Waals surface area contributed by atoms with E-state index < -0.39 is 0 Å². The molecule has 0 radical (unpaired) electrons. The summed E-state index contributed by atoms with van der Waals surface area (Å²) in [4.78, 5) is 10.6. The molecule has 0 amide bonds. The van der Waals surface area contributed by atoms with Crippen LogP contribution in [0.4, 0.5) is 0 Å². The second kappa shape index (κ2) is 5.85. The van der Waals surface area contributed by atoms with Crippen molar-refractivity contribution in [3.8, 4) is 0 Å². The minimum Gasteiger partial charge on any atom is -0.312 e. The molecule has 0 saturated heterocycles. The Morgan fingerprint density at radius 3 is 2.62 bits per heavy atom. The summed E-state index contributed by atoms with van der Waals surface area (Å²) in [6.45, 7) is 1.58. The predicted molar refractivity (Wildman–Crippen MR) is 57.5 cm³/mol. The van der Waals surface area contributed by atoms with Crippen LogP contribution in [0.3, 0.4) is 0 Å². The number of benzene rings is 1. The number of hydrogen-bond acceptors (Lipinski definition) is 2. The summed E-state index contributed by atoms with van der Waals surface area (Å²) >= 11 is 0. The third kappa shape index (κ3) is 4.76. The molecule has 1 aromatic rings. The summed E-state index contributed by atoms with van der Waals surface area (Å²) in [5.74, 6) is 0. The van der Waals surface area contributed by atoms with Gasteiger partial charge < -0.3 is 5.32 Å². The van der Waals surface area contributed by atoms with Crippen LogP contribution in [-0.2, 0) is 11.3 Å². The standard InChI is InChI=1S/C10H14NOP/c12-10(13)6-7-11-8-9-4-2-1-3-5-9/h1-5,11H,6-8,13H2. The largest absolute Gasteiger partial charge is 0.312 e. The molecule has 0 aliphatic carbocycles. The summed E-state index contributed by atoms with van der Waals surface area (Å²) < 4.78 is 0. The second-order valence-corrected chi connectivity index (χ2v) is 3.52. The number of carbonyl (C=O) groups is 1. The van der Waals surface area contributed by atoms with Gasteiger partial charge in [0, 0.05) is 19.5 Å². The Hall–Kier alpha value is -0.720. The van der Waals surface area contributed by atoms with Gasteiger partial charge in [0.2, 0.25) is 0 Å². The molecular weight excluding hydrogens is 181 g/mol. The van der Waals surface area contributed by atoms with Crippen molar-refractivity contribution >= 4 is 14.8 Å². The van der Waals surface area contributed by atoms with Gasteiger partial charge in [-0.15, -0.1) is 0 Å². The quantitative estimate of drug-likeness (QED) is 0.570. The molecule has 0 fully saturated rings. The highest BCUT2D eigenvalue weighted by molar-refractivity contribution is 7.40. The first kappa shape index (κ1) is 10.4. The average Bonchev–Trinajstić information content (AvgIpc) is 2.14. The molecule has 1 N–H and O–H groups in total. The maximum Gasteiger partial charge on any atom is 0.149 e. The van der Waals surface area contributed by atoms with Gasteiger partial charge in [0.25, 0.3) is 0 Å². The predicted octanol–water partition coefficient (Wildman–Crippen LogP) is 1.57. The summed E-state index contributed by atoms with van der Waals surface area (Å²) in [6, 6.07) is 10.1. The first-order chi connectivity index (χ1) is 6.29. The van der Waals surface area contributed by atoms with Gasteiger partial charge in [0.1, 0.15) is 5.52 Å². The Morgan fingerprint density at radius 2 is 2.00 bits per heavy atom. The average molecular weight is 195 g/mol. The minimum absolute atomic E-state index is 0.153. The van der Waals surface area contributed by atoms with Gasteiger partial charge >= 0.3 is 0 Å². The normalized spacial score (nSPS) is 9.92. The molecule has 1 aromatic carbocycles. The smallest absolute Gasteiger partial charge is 0.149 e. The number of carbonyl (C=O) groups excluding carboxylic acids is 1. The first-order valence-corrected chi connectivity index (χ1v) is 4.90. The van der Waals surface area contributed by atoms with Crippen molar-refractivity contribution < 1.29 is 4.79 Å². The maximum atomic E-state index is 10.6. The van der Waals surface area contributed by atoms with Crippen molar-refractivity contribution in [3.63, 3.8) is 0 Å². The van der Waals surface area contributed by atoms with E-state index in [1.54, 1.807) is 0 Å². The van der Waals surface area contributed by atoms with E-state index in [9.17, 15) is 4.79 Å². The number of rotatable bonds is 5. The molecule has 0 heterocycles. The fourth-order valence-electron chi connectivity index (χ4n) is 1.04. The maximum absolute atomic E-state index is 10.6. The van der Waals surface area contributed by atoms with Gasteiger partial charge in [0.15, 0.2) is 0 Å². The van der Waals surface area contributed by atoms with E-state index in [0.29, 0.717) is 6.42 Å². The van der Waals surface area contributed by atoms with Crippen LogP contribution in [0, 0.1) is 0 Å². The molecule has 2 nitrogen and oxygen atoms in total. The highest BCUT2D eigenvalue weighted by Gasteiger charge is 1.93. The van der Waals surface area contributed by atoms with Gasteiger partial charge in [-0.1, -0.05) is 39.6 Å². The zero-order valence-electron chi connectivity index (χ0n) is 7.49. The van der Waals surface area contributed by atoms with Crippen molar-refractivity contribution in [2.24, 2.45) is 0 Å². The van der Waals surface area contributed by atoms with Crippen LogP contribution in [0.25, 0.3) is 0 Å². The number of hydrogen-bond donors (Lipinski definition) is 1. The number of nitrogens with one attached hydrogen (secondary N) is 1. The van der Waals surface area contributed by atoms with Crippen LogP contribution in [0.15, 0.2) is 30.3 Å². The highest BCUT2D eigenvalue weighted by Crippen LogP contribution is 1.97. The highest BCUT2D eigenvalue weighted by atomic mass is 31.0. The van der Waals surface area contributed by atoms with Crippen molar-refractivity contribution in [1.82, 2.24) is 5.32 Å². The van der Waals surface area contributed by atoms with Crippen molar-refractivity contribution in [3.05, 3.63) is 35.9 Å². The molecule has 0 bridgehead atoms. The molecule has 1 unspecified atom stereocenters. The Balaban J connectivity index is 2.17. The Kier molecular flexibility index (Phi) is 4.66. The zero-order chi connectivity index (χ0) is 9.52. The van der Waals surface area contributed by atoms with E-state index >= 15 is 0 Å². The fourth-order valence-corrected chi connectivity index (χ4v) is 1.18. The molecule has 0 aromatic heterocycles. The van der Waals surface area contributed by atoms with Gasteiger partial charge in [0.05, 0.1) is 0 Å². The molecule has 1 rings (SSSR count). The van der Waals surface area contributed by atoms with Crippen molar-refractivity contribution in [1.29, 1.82) is 0 Å². The molecule has 0 saturated carbocycles. The molecule has 3 heteroatoms. The third-order valence-corrected chi connectivity index (χ3v) is 2.01. The molecule has 13 heavy (non-hydrogen) atoms. The topological polar surface area (TPSA) is 29.1 Å². The van der Waals surface area contributed by atoms with Crippen LogP contribution < -0.4 is 5.32 Å². The molecule has 0 spiro atoms. The lowest BCUT2D eigenvalue weighted by atomic mass is 10.2. The summed E-state index contributed by atoms with van der Waals surface area (Å²) in [7, 11) is 2.18. The molecule has 0 aliphatic heterocycles. The van der Waals surface area contributed by atoms with Crippen molar-refractivity contribution in [2.75, 3.05) is 6.54 Å². The first-order valence-electron chi connectivity index (χ1n) is 4.32.